The largest absolute Gasteiger partial charge is 0.458 e. The Kier molecular flexibility index (Phi) is 7.79. The van der Waals surface area contributed by atoms with Gasteiger partial charge in [-0.1, -0.05) is 17.7 Å². The highest BCUT2D eigenvalue weighted by molar-refractivity contribution is 7.88. The van der Waals surface area contributed by atoms with E-state index in [2.05, 4.69) is 26.0 Å². The van der Waals surface area contributed by atoms with Crippen molar-refractivity contribution in [3.05, 3.63) is 46.7 Å². The van der Waals surface area contributed by atoms with Crippen molar-refractivity contribution in [3.8, 4) is 22.8 Å². The van der Waals surface area contributed by atoms with Crippen LogP contribution >= 0.6 is 23.2 Å². The van der Waals surface area contributed by atoms with E-state index < -0.39 is 44.2 Å². The average molecular weight is 652 g/mol. The number of alkyl halides is 8. The summed E-state index contributed by atoms with van der Waals surface area (Å²) in [6, 6.07) is 4.38. The third-order valence-electron chi connectivity index (χ3n) is 6.02. The molecule has 1 aliphatic carbocycles. The van der Waals surface area contributed by atoms with Crippen LogP contribution in [0.3, 0.4) is 0 Å². The molecule has 0 aliphatic heterocycles. The van der Waals surface area contributed by atoms with Crippen molar-refractivity contribution >= 4 is 39.2 Å². The molecule has 3 aromatic rings. The Morgan fingerprint density at radius 2 is 1.78 bits per heavy atom. The Morgan fingerprint density at radius 1 is 1.15 bits per heavy atom. The van der Waals surface area contributed by atoms with Gasteiger partial charge in [-0.3, -0.25) is 4.79 Å². The summed E-state index contributed by atoms with van der Waals surface area (Å²) in [4.78, 5) is 14.7. The van der Waals surface area contributed by atoms with E-state index in [0.717, 1.165) is 32.3 Å². The summed E-state index contributed by atoms with van der Waals surface area (Å²) in [6.45, 7) is 2.23. The van der Waals surface area contributed by atoms with Crippen LogP contribution in [0, 0.1) is 0 Å². The van der Waals surface area contributed by atoms with Gasteiger partial charge in [0.25, 0.3) is 11.8 Å². The van der Waals surface area contributed by atoms with Gasteiger partial charge in [0.15, 0.2) is 11.4 Å². The summed E-state index contributed by atoms with van der Waals surface area (Å²) >= 11 is 10.4. The molecule has 1 fully saturated rings. The van der Waals surface area contributed by atoms with Crippen LogP contribution in [0.25, 0.3) is 16.9 Å². The average Bonchev–Trinajstić information content (AvgIpc) is 3.45. The van der Waals surface area contributed by atoms with Crippen molar-refractivity contribution in [2.45, 2.75) is 42.6 Å². The molecule has 0 atom stereocenters. The van der Waals surface area contributed by atoms with Gasteiger partial charge in [-0.2, -0.15) is 44.2 Å². The van der Waals surface area contributed by atoms with Crippen LogP contribution in [-0.4, -0.2) is 62.0 Å². The second kappa shape index (κ2) is 10.3. The smallest absolute Gasteiger partial charge is 0.355 e. The molecule has 2 heterocycles. The number of aryl methyl sites for hydroxylation is 1. The first kappa shape index (κ1) is 30.9. The highest BCUT2D eigenvalue weighted by Gasteiger charge is 2.67. The number of aromatic nitrogens is 4. The molecule has 0 N–H and O–H groups in total. The summed E-state index contributed by atoms with van der Waals surface area (Å²) in [5.74, 6) is -3.32. The van der Waals surface area contributed by atoms with Crippen LogP contribution < -0.4 is 4.18 Å². The normalized spacial score (nSPS) is 14.8. The van der Waals surface area contributed by atoms with E-state index in [1.165, 1.54) is 18.2 Å². The molecule has 1 saturated carbocycles. The Bertz CT molecular complexity index is 1600. The number of benzene rings is 1. The van der Waals surface area contributed by atoms with Gasteiger partial charge in [-0.25, -0.2) is 9.36 Å². The number of carbonyl (C=O) groups excluding carboxylic acids is 1. The molecule has 19 heteroatoms. The zero-order valence-electron chi connectivity index (χ0n) is 20.8. The maximum absolute atomic E-state index is 14.0. The summed E-state index contributed by atoms with van der Waals surface area (Å²) in [5.41, 5.74) is -1.39. The summed E-state index contributed by atoms with van der Waals surface area (Å²) in [5, 5.41) is -4.72. The lowest BCUT2D eigenvalue weighted by Crippen LogP contribution is -2.45. The van der Waals surface area contributed by atoms with E-state index in [1.54, 1.807) is 11.8 Å². The van der Waals surface area contributed by atoms with Gasteiger partial charge >= 0.3 is 26.9 Å². The molecule has 0 bridgehead atoms. The summed E-state index contributed by atoms with van der Waals surface area (Å²) < 4.78 is 124. The van der Waals surface area contributed by atoms with E-state index in [0.29, 0.717) is 21.5 Å². The Balaban J connectivity index is 1.75. The maximum atomic E-state index is 14.0. The number of amides is 1. The monoisotopic (exact) mass is 651 g/mol. The highest BCUT2D eigenvalue weighted by atomic mass is 35.5. The zero-order valence-corrected chi connectivity index (χ0v) is 23.1. The van der Waals surface area contributed by atoms with Gasteiger partial charge in [0.1, 0.15) is 0 Å². The predicted octanol–water partition coefficient (Wildman–Crippen LogP) is 5.70. The number of nitrogens with zero attached hydrogens (tertiary/aromatic N) is 5. The van der Waals surface area contributed by atoms with E-state index in [-0.39, 0.29) is 28.1 Å². The van der Waals surface area contributed by atoms with Gasteiger partial charge < -0.3 is 9.08 Å². The van der Waals surface area contributed by atoms with E-state index >= 15 is 0 Å². The molecular formula is C22H18Cl2F7N5O4S. The Hall–Kier alpha value is -3.05. The van der Waals surface area contributed by atoms with Crippen molar-refractivity contribution in [2.75, 3.05) is 6.54 Å². The molecule has 41 heavy (non-hydrogen) atoms. The maximum Gasteiger partial charge on any atom is 0.458 e. The minimum atomic E-state index is -6.77. The van der Waals surface area contributed by atoms with Crippen LogP contribution in [0.15, 0.2) is 30.6 Å². The van der Waals surface area contributed by atoms with E-state index in [4.69, 9.17) is 11.6 Å². The van der Waals surface area contributed by atoms with Crippen LogP contribution in [-0.2, 0) is 23.3 Å². The predicted molar refractivity (Wildman–Crippen MR) is 131 cm³/mol. The quantitative estimate of drug-likeness (QED) is 0.167. The van der Waals surface area contributed by atoms with E-state index in [9.17, 15) is 43.9 Å². The number of hydrogen-bond acceptors (Lipinski definition) is 6. The fourth-order valence-electron chi connectivity index (χ4n) is 3.92. The van der Waals surface area contributed by atoms with Crippen molar-refractivity contribution in [2.24, 2.45) is 7.05 Å². The summed E-state index contributed by atoms with van der Waals surface area (Å²) in [6.07, 6.45) is -1.67. The van der Waals surface area contributed by atoms with E-state index in [1.807, 2.05) is 0 Å². The van der Waals surface area contributed by atoms with Gasteiger partial charge in [-0.15, -0.1) is 5.10 Å². The number of hydrogen-bond donors (Lipinski definition) is 0. The first-order valence-electron chi connectivity index (χ1n) is 11.5. The molecule has 1 amide bonds. The molecule has 0 spiro atoms. The Morgan fingerprint density at radius 3 is 2.32 bits per heavy atom. The van der Waals surface area contributed by atoms with Crippen molar-refractivity contribution < 1.29 is 48.1 Å². The van der Waals surface area contributed by atoms with Crippen molar-refractivity contribution in [3.63, 3.8) is 0 Å². The lowest BCUT2D eigenvalue weighted by atomic mass is 10.1. The van der Waals surface area contributed by atoms with Gasteiger partial charge in [0.05, 0.1) is 16.8 Å². The third-order valence-corrected chi connectivity index (χ3v) is 7.96. The molecular weight excluding hydrogens is 634 g/mol. The second-order valence-electron chi connectivity index (χ2n) is 8.87. The molecule has 4 rings (SSSR count). The molecule has 0 saturated heterocycles. The fourth-order valence-corrected chi connectivity index (χ4v) is 5.12. The lowest BCUT2D eigenvalue weighted by Gasteiger charge is -2.21. The SMILES string of the molecule is CCN(C(=O)c1cc(-c2cnn(-c3c(C(F)(F)F)c(OS(=O)(=O)C(F)(F)C(F)(F)Cl)nn3C)c2)ccc1Cl)C1CC1. The standard InChI is InChI=1S/C22H18Cl2F7N5O4S/c1-3-35(13-5-6-13)19(37)14-8-11(4-7-15(14)23)12-9-32-36(10-12)18-16(20(25,26)27)17(33-34(18)2)40-41(38,39)22(30,31)21(24,28)29/h4,7-10,13H,3,5-6H2,1-2H3. The third kappa shape index (κ3) is 5.70. The van der Waals surface area contributed by atoms with Crippen molar-refractivity contribution in [1.82, 2.24) is 24.5 Å². The number of carbonyl (C=O) groups is 1. The molecule has 9 nitrogen and oxygen atoms in total. The molecule has 0 unspecified atom stereocenters. The van der Waals surface area contributed by atoms with Crippen LogP contribution in [0.5, 0.6) is 5.88 Å². The molecule has 1 aliphatic rings. The number of rotatable bonds is 9. The summed E-state index contributed by atoms with van der Waals surface area (Å²) in [7, 11) is -5.90. The lowest BCUT2D eigenvalue weighted by molar-refractivity contribution is -0.138. The van der Waals surface area contributed by atoms with Crippen LogP contribution in [0.2, 0.25) is 5.02 Å². The molecule has 1 aromatic carbocycles. The first-order valence-corrected chi connectivity index (χ1v) is 13.6. The fraction of sp³-hybridized carbons (Fsp3) is 0.409. The van der Waals surface area contributed by atoms with Crippen LogP contribution in [0.4, 0.5) is 30.7 Å². The van der Waals surface area contributed by atoms with Gasteiger partial charge in [0, 0.05) is 31.4 Å². The molecule has 2 aromatic heterocycles. The topological polar surface area (TPSA) is 99.3 Å². The Labute approximate surface area is 237 Å². The highest BCUT2D eigenvalue weighted by Crippen LogP contribution is 2.45. The first-order chi connectivity index (χ1) is 18.8. The second-order valence-corrected chi connectivity index (χ2v) is 11.3. The zero-order chi connectivity index (χ0) is 30.7. The van der Waals surface area contributed by atoms with Gasteiger partial charge in [-0.05, 0) is 49.1 Å². The minimum Gasteiger partial charge on any atom is -0.355 e. The molecule has 224 valence electrons. The van der Waals surface area contributed by atoms with Crippen LogP contribution in [0.1, 0.15) is 35.7 Å². The minimum absolute atomic E-state index is 0.0800. The molecule has 0 radical (unpaired) electrons. The van der Waals surface area contributed by atoms with Crippen molar-refractivity contribution in [1.29, 1.82) is 0 Å². The number of halogens is 9. The van der Waals surface area contributed by atoms with Gasteiger partial charge in [0.2, 0.25) is 0 Å².